The third-order valence-corrected chi connectivity index (χ3v) is 4.21. The Bertz CT molecular complexity index is 437. The molecule has 0 atom stereocenters. The molecule has 0 amide bonds. The quantitative estimate of drug-likeness (QED) is 0.845. The van der Waals surface area contributed by atoms with Crippen molar-refractivity contribution in [1.82, 2.24) is 4.90 Å². The summed E-state index contributed by atoms with van der Waals surface area (Å²) in [5.41, 5.74) is 8.00. The number of hydrogen-bond donors (Lipinski definition) is 1. The van der Waals surface area contributed by atoms with Crippen molar-refractivity contribution in [3.05, 3.63) is 18.2 Å². The minimum atomic E-state index is 0.380. The number of piperazine rings is 1. The van der Waals surface area contributed by atoms with E-state index in [0.29, 0.717) is 6.10 Å². The van der Waals surface area contributed by atoms with Crippen molar-refractivity contribution < 1.29 is 4.74 Å². The van der Waals surface area contributed by atoms with Crippen LogP contribution < -0.4 is 15.4 Å². The molecule has 0 unspecified atom stereocenters. The van der Waals surface area contributed by atoms with Crippen LogP contribution in [0.15, 0.2) is 18.2 Å². The second-order valence-corrected chi connectivity index (χ2v) is 5.68. The Morgan fingerprint density at radius 2 is 1.89 bits per heavy atom. The molecule has 4 nitrogen and oxygen atoms in total. The van der Waals surface area contributed by atoms with Gasteiger partial charge in [0.25, 0.3) is 0 Å². The molecule has 1 aliphatic carbocycles. The van der Waals surface area contributed by atoms with Gasteiger partial charge < -0.3 is 20.3 Å². The standard InChI is InChI=1S/C15H23N3O/c1-17-7-9-18(10-8-17)12-5-6-14(16)15(11-12)19-13-3-2-4-13/h5-6,11,13H,2-4,7-10,16H2,1H3. The molecule has 0 aromatic heterocycles. The number of ether oxygens (including phenoxy) is 1. The van der Waals surface area contributed by atoms with Gasteiger partial charge in [-0.3, -0.25) is 0 Å². The number of anilines is 2. The lowest BCUT2D eigenvalue weighted by molar-refractivity contribution is 0.121. The second kappa shape index (κ2) is 5.29. The molecule has 1 heterocycles. The van der Waals surface area contributed by atoms with Gasteiger partial charge in [-0.05, 0) is 38.4 Å². The largest absolute Gasteiger partial charge is 0.488 e. The fraction of sp³-hybridized carbons (Fsp3) is 0.600. The minimum absolute atomic E-state index is 0.380. The van der Waals surface area contributed by atoms with Crippen LogP contribution in [0.3, 0.4) is 0 Å². The molecule has 0 radical (unpaired) electrons. The van der Waals surface area contributed by atoms with Gasteiger partial charge in [0.15, 0.2) is 0 Å². The van der Waals surface area contributed by atoms with E-state index in [2.05, 4.69) is 29.0 Å². The zero-order valence-corrected chi connectivity index (χ0v) is 11.6. The minimum Gasteiger partial charge on any atom is -0.488 e. The predicted octanol–water partition coefficient (Wildman–Crippen LogP) is 1.95. The highest BCUT2D eigenvalue weighted by Gasteiger charge is 2.21. The van der Waals surface area contributed by atoms with Gasteiger partial charge >= 0.3 is 0 Å². The molecule has 0 bridgehead atoms. The van der Waals surface area contributed by atoms with Gasteiger partial charge in [-0.1, -0.05) is 0 Å². The molecule has 2 fully saturated rings. The lowest BCUT2D eigenvalue weighted by Gasteiger charge is -2.34. The maximum Gasteiger partial charge on any atom is 0.144 e. The number of benzene rings is 1. The van der Waals surface area contributed by atoms with E-state index in [9.17, 15) is 0 Å². The lowest BCUT2D eigenvalue weighted by atomic mass is 9.96. The molecule has 1 aliphatic heterocycles. The van der Waals surface area contributed by atoms with Crippen LogP contribution in [0.1, 0.15) is 19.3 Å². The molecule has 0 spiro atoms. The first kappa shape index (κ1) is 12.6. The van der Waals surface area contributed by atoms with E-state index in [1.54, 1.807) is 0 Å². The first-order chi connectivity index (χ1) is 9.22. The number of likely N-dealkylation sites (N-methyl/N-ethyl adjacent to an activating group) is 1. The SMILES string of the molecule is CN1CCN(c2ccc(N)c(OC3CCC3)c2)CC1. The summed E-state index contributed by atoms with van der Waals surface area (Å²) in [5, 5.41) is 0. The predicted molar refractivity (Wildman–Crippen MR) is 78.8 cm³/mol. The molecule has 104 valence electrons. The molecule has 1 saturated heterocycles. The Balaban J connectivity index is 1.72. The zero-order valence-electron chi connectivity index (χ0n) is 11.6. The maximum absolute atomic E-state index is 6.02. The third kappa shape index (κ3) is 2.78. The van der Waals surface area contributed by atoms with E-state index in [1.807, 2.05) is 6.07 Å². The van der Waals surface area contributed by atoms with Crippen LogP contribution in [-0.2, 0) is 0 Å². The fourth-order valence-corrected chi connectivity index (χ4v) is 2.55. The fourth-order valence-electron chi connectivity index (χ4n) is 2.55. The first-order valence-electron chi connectivity index (χ1n) is 7.22. The molecule has 1 saturated carbocycles. The normalized spacial score (nSPS) is 21.2. The summed E-state index contributed by atoms with van der Waals surface area (Å²) in [7, 11) is 2.17. The average Bonchev–Trinajstić information content (AvgIpc) is 2.37. The van der Waals surface area contributed by atoms with Crippen LogP contribution in [0.4, 0.5) is 11.4 Å². The first-order valence-corrected chi connectivity index (χ1v) is 7.22. The summed E-state index contributed by atoms with van der Waals surface area (Å²) < 4.78 is 5.97. The summed E-state index contributed by atoms with van der Waals surface area (Å²) in [4.78, 5) is 4.77. The number of hydrogen-bond acceptors (Lipinski definition) is 4. The summed E-state index contributed by atoms with van der Waals surface area (Å²) in [6.45, 7) is 4.37. The van der Waals surface area contributed by atoms with Gasteiger partial charge in [0, 0.05) is 37.9 Å². The van der Waals surface area contributed by atoms with Gasteiger partial charge in [0.2, 0.25) is 0 Å². The Morgan fingerprint density at radius 3 is 2.53 bits per heavy atom. The Hall–Kier alpha value is -1.42. The molecule has 2 N–H and O–H groups in total. The van der Waals surface area contributed by atoms with Gasteiger partial charge in [-0.15, -0.1) is 0 Å². The van der Waals surface area contributed by atoms with Gasteiger partial charge in [-0.2, -0.15) is 0 Å². The second-order valence-electron chi connectivity index (χ2n) is 5.68. The van der Waals surface area contributed by atoms with Crippen LogP contribution in [0.5, 0.6) is 5.75 Å². The average molecular weight is 261 g/mol. The van der Waals surface area contributed by atoms with E-state index in [0.717, 1.165) is 50.5 Å². The van der Waals surface area contributed by atoms with E-state index in [4.69, 9.17) is 10.5 Å². The van der Waals surface area contributed by atoms with Crippen molar-refractivity contribution in [2.45, 2.75) is 25.4 Å². The highest BCUT2D eigenvalue weighted by atomic mass is 16.5. The van der Waals surface area contributed by atoms with Gasteiger partial charge in [-0.25, -0.2) is 0 Å². The molecule has 1 aromatic carbocycles. The topological polar surface area (TPSA) is 41.7 Å². The van der Waals surface area contributed by atoms with Gasteiger partial charge in [0.05, 0.1) is 11.8 Å². The van der Waals surface area contributed by atoms with Crippen molar-refractivity contribution in [2.24, 2.45) is 0 Å². The summed E-state index contributed by atoms with van der Waals surface area (Å²) in [5.74, 6) is 0.862. The number of nitrogens with zero attached hydrogens (tertiary/aromatic N) is 2. The summed E-state index contributed by atoms with van der Waals surface area (Å²) in [6.07, 6.45) is 3.99. The van der Waals surface area contributed by atoms with E-state index >= 15 is 0 Å². The molecular formula is C15H23N3O. The van der Waals surface area contributed by atoms with Gasteiger partial charge in [0.1, 0.15) is 5.75 Å². The Labute approximate surface area is 115 Å². The smallest absolute Gasteiger partial charge is 0.144 e. The molecule has 4 heteroatoms. The van der Waals surface area contributed by atoms with Crippen molar-refractivity contribution >= 4 is 11.4 Å². The molecule has 1 aromatic rings. The van der Waals surface area contributed by atoms with Crippen molar-refractivity contribution in [1.29, 1.82) is 0 Å². The molecule has 2 aliphatic rings. The van der Waals surface area contributed by atoms with Crippen LogP contribution in [0.2, 0.25) is 0 Å². The highest BCUT2D eigenvalue weighted by Crippen LogP contribution is 2.32. The van der Waals surface area contributed by atoms with Crippen LogP contribution >= 0.6 is 0 Å². The molecule has 19 heavy (non-hydrogen) atoms. The number of rotatable bonds is 3. The Kier molecular flexibility index (Phi) is 3.51. The van der Waals surface area contributed by atoms with Crippen LogP contribution in [0, 0.1) is 0 Å². The van der Waals surface area contributed by atoms with E-state index < -0.39 is 0 Å². The van der Waals surface area contributed by atoms with Crippen LogP contribution in [-0.4, -0.2) is 44.2 Å². The zero-order chi connectivity index (χ0) is 13.2. The maximum atomic E-state index is 6.02. The lowest BCUT2D eigenvalue weighted by Crippen LogP contribution is -2.44. The monoisotopic (exact) mass is 261 g/mol. The van der Waals surface area contributed by atoms with E-state index in [1.165, 1.54) is 12.1 Å². The Morgan fingerprint density at radius 1 is 1.16 bits per heavy atom. The van der Waals surface area contributed by atoms with Crippen molar-refractivity contribution in [2.75, 3.05) is 43.9 Å². The molecule has 3 rings (SSSR count). The summed E-state index contributed by atoms with van der Waals surface area (Å²) >= 11 is 0. The van der Waals surface area contributed by atoms with Crippen molar-refractivity contribution in [3.8, 4) is 5.75 Å². The summed E-state index contributed by atoms with van der Waals surface area (Å²) in [6, 6.07) is 6.19. The van der Waals surface area contributed by atoms with Crippen LogP contribution in [0.25, 0.3) is 0 Å². The highest BCUT2D eigenvalue weighted by molar-refractivity contribution is 5.62. The number of nitrogen functional groups attached to an aromatic ring is 1. The van der Waals surface area contributed by atoms with E-state index in [-0.39, 0.29) is 0 Å². The van der Waals surface area contributed by atoms with Crippen molar-refractivity contribution in [3.63, 3.8) is 0 Å². The third-order valence-electron chi connectivity index (χ3n) is 4.21. The molecular weight excluding hydrogens is 238 g/mol. The number of nitrogens with two attached hydrogens (primary N) is 1.